The van der Waals surface area contributed by atoms with E-state index >= 15 is 0 Å². The van der Waals surface area contributed by atoms with E-state index in [1.807, 2.05) is 13.8 Å². The molecule has 0 saturated heterocycles. The van der Waals surface area contributed by atoms with Gasteiger partial charge in [0.25, 0.3) is 0 Å². The molecule has 0 unspecified atom stereocenters. The summed E-state index contributed by atoms with van der Waals surface area (Å²) >= 11 is 0.980. The molecule has 0 spiro atoms. The van der Waals surface area contributed by atoms with Crippen molar-refractivity contribution < 1.29 is 9.84 Å². The van der Waals surface area contributed by atoms with Crippen LogP contribution in [0.1, 0.15) is 24.8 Å². The van der Waals surface area contributed by atoms with Gasteiger partial charge in [0.15, 0.2) is 0 Å². The Kier molecular flexibility index (Phi) is 4.24. The van der Waals surface area contributed by atoms with Gasteiger partial charge in [-0.15, -0.1) is 0 Å². The van der Waals surface area contributed by atoms with Crippen molar-refractivity contribution >= 4 is 23.2 Å². The molecule has 106 valence electrons. The maximum absolute atomic E-state index is 11.7. The van der Waals surface area contributed by atoms with Crippen molar-refractivity contribution in [3.05, 3.63) is 38.8 Å². The summed E-state index contributed by atoms with van der Waals surface area (Å²) in [5, 5.41) is 10.0. The fourth-order valence-corrected chi connectivity index (χ4v) is 2.61. The standard InChI is InChI=1S/C14H16N2O3S/c1-9(2)16-13(17)12(20-14(16)18)8-15-10-4-6-11(19-3)7-5-10/h4-9,17H,1-3H3. The molecule has 0 aliphatic rings. The number of rotatable bonds is 4. The molecule has 0 aliphatic heterocycles. The van der Waals surface area contributed by atoms with E-state index in [9.17, 15) is 9.90 Å². The Morgan fingerprint density at radius 1 is 1.35 bits per heavy atom. The average Bonchev–Trinajstić information content (AvgIpc) is 2.71. The quantitative estimate of drug-likeness (QED) is 0.881. The van der Waals surface area contributed by atoms with Crippen LogP contribution in [0.4, 0.5) is 5.69 Å². The molecule has 0 fully saturated rings. The molecule has 0 bridgehead atoms. The van der Waals surface area contributed by atoms with Gasteiger partial charge in [0.1, 0.15) is 10.6 Å². The van der Waals surface area contributed by atoms with Crippen LogP contribution in [0.15, 0.2) is 34.1 Å². The lowest BCUT2D eigenvalue weighted by Crippen LogP contribution is -2.14. The zero-order valence-electron chi connectivity index (χ0n) is 11.5. The van der Waals surface area contributed by atoms with Crippen LogP contribution < -0.4 is 9.61 Å². The molecule has 1 aromatic carbocycles. The van der Waals surface area contributed by atoms with Gasteiger partial charge in [-0.05, 0) is 38.1 Å². The Morgan fingerprint density at radius 3 is 2.50 bits per heavy atom. The minimum absolute atomic E-state index is 0.0349. The lowest BCUT2D eigenvalue weighted by molar-refractivity contribution is 0.395. The van der Waals surface area contributed by atoms with Crippen LogP contribution in [0.2, 0.25) is 0 Å². The lowest BCUT2D eigenvalue weighted by Gasteiger charge is -2.05. The molecule has 1 aromatic heterocycles. The largest absolute Gasteiger partial charge is 0.497 e. The van der Waals surface area contributed by atoms with Crippen molar-refractivity contribution in [2.45, 2.75) is 19.9 Å². The van der Waals surface area contributed by atoms with E-state index < -0.39 is 0 Å². The van der Waals surface area contributed by atoms with E-state index in [1.165, 1.54) is 10.8 Å². The first kappa shape index (κ1) is 14.3. The smallest absolute Gasteiger partial charge is 0.310 e. The molecule has 1 heterocycles. The van der Waals surface area contributed by atoms with E-state index in [4.69, 9.17) is 4.74 Å². The second-order valence-corrected chi connectivity index (χ2v) is 5.47. The monoisotopic (exact) mass is 292 g/mol. The molecule has 0 radical (unpaired) electrons. The summed E-state index contributed by atoms with van der Waals surface area (Å²) in [6.45, 7) is 3.69. The molecule has 1 N–H and O–H groups in total. The molecule has 0 atom stereocenters. The zero-order chi connectivity index (χ0) is 14.7. The number of hydrogen-bond acceptors (Lipinski definition) is 5. The summed E-state index contributed by atoms with van der Waals surface area (Å²) in [6.07, 6.45) is 1.50. The second-order valence-electron chi connectivity index (χ2n) is 4.48. The number of thiazole rings is 1. The second kappa shape index (κ2) is 5.92. The molecule has 0 aliphatic carbocycles. The molecule has 0 amide bonds. The Bertz CT molecular complexity index is 669. The van der Waals surface area contributed by atoms with Crippen LogP contribution in [0.3, 0.4) is 0 Å². The van der Waals surface area contributed by atoms with Gasteiger partial charge in [0.05, 0.1) is 19.0 Å². The van der Waals surface area contributed by atoms with E-state index in [-0.39, 0.29) is 16.8 Å². The van der Waals surface area contributed by atoms with Crippen LogP contribution in [-0.4, -0.2) is 23.0 Å². The summed E-state index contributed by atoms with van der Waals surface area (Å²) in [7, 11) is 1.60. The first-order valence-corrected chi connectivity index (χ1v) is 6.97. The molecule has 6 heteroatoms. The molecule has 20 heavy (non-hydrogen) atoms. The number of aromatic hydroxyl groups is 1. The lowest BCUT2D eigenvalue weighted by atomic mass is 10.3. The Morgan fingerprint density at radius 2 is 2.00 bits per heavy atom. The van der Waals surface area contributed by atoms with Crippen LogP contribution in [0.25, 0.3) is 0 Å². The summed E-state index contributed by atoms with van der Waals surface area (Å²) in [5.41, 5.74) is 0.724. The van der Waals surface area contributed by atoms with Crippen molar-refractivity contribution in [2.24, 2.45) is 4.99 Å². The van der Waals surface area contributed by atoms with E-state index in [0.717, 1.165) is 22.8 Å². The Hall–Kier alpha value is -2.08. The number of hydrogen-bond donors (Lipinski definition) is 1. The topological polar surface area (TPSA) is 63.8 Å². The normalized spacial score (nSPS) is 11.4. The molecule has 5 nitrogen and oxygen atoms in total. The molecular weight excluding hydrogens is 276 g/mol. The van der Waals surface area contributed by atoms with Gasteiger partial charge in [-0.25, -0.2) is 0 Å². The number of methoxy groups -OCH3 is 1. The zero-order valence-corrected chi connectivity index (χ0v) is 12.3. The third-order valence-electron chi connectivity index (χ3n) is 2.76. The highest BCUT2D eigenvalue weighted by atomic mass is 32.1. The third-order valence-corrected chi connectivity index (χ3v) is 3.64. The van der Waals surface area contributed by atoms with Gasteiger partial charge < -0.3 is 9.84 Å². The van der Waals surface area contributed by atoms with Crippen LogP contribution >= 0.6 is 11.3 Å². The molecule has 2 aromatic rings. The number of aromatic nitrogens is 1. The van der Waals surface area contributed by atoms with E-state index in [0.29, 0.717) is 4.88 Å². The predicted molar refractivity (Wildman–Crippen MR) is 80.9 cm³/mol. The third kappa shape index (κ3) is 2.91. The summed E-state index contributed by atoms with van der Waals surface area (Å²) < 4.78 is 6.41. The highest BCUT2D eigenvalue weighted by molar-refractivity contribution is 7.11. The van der Waals surface area contributed by atoms with Crippen molar-refractivity contribution in [2.75, 3.05) is 7.11 Å². The highest BCUT2D eigenvalue weighted by Crippen LogP contribution is 2.23. The Balaban J connectivity index is 2.27. The first-order valence-electron chi connectivity index (χ1n) is 6.15. The van der Waals surface area contributed by atoms with Crippen LogP contribution in [0, 0.1) is 0 Å². The summed E-state index contributed by atoms with van der Waals surface area (Å²) in [6, 6.07) is 7.12. The molecule has 0 saturated carbocycles. The van der Waals surface area contributed by atoms with Crippen LogP contribution in [-0.2, 0) is 0 Å². The minimum Gasteiger partial charge on any atom is -0.497 e. The molecular formula is C14H16N2O3S. The van der Waals surface area contributed by atoms with Crippen LogP contribution in [0.5, 0.6) is 11.6 Å². The van der Waals surface area contributed by atoms with Crippen molar-refractivity contribution in [3.8, 4) is 11.6 Å². The fraction of sp³-hybridized carbons (Fsp3) is 0.286. The number of ether oxygens (including phenoxy) is 1. The number of nitrogens with zero attached hydrogens (tertiary/aromatic N) is 2. The van der Waals surface area contributed by atoms with Crippen molar-refractivity contribution in [1.82, 2.24) is 4.57 Å². The van der Waals surface area contributed by atoms with Gasteiger partial charge in [0.2, 0.25) is 5.88 Å². The van der Waals surface area contributed by atoms with Crippen molar-refractivity contribution in [1.29, 1.82) is 0 Å². The van der Waals surface area contributed by atoms with Gasteiger partial charge >= 0.3 is 4.87 Å². The van der Waals surface area contributed by atoms with E-state index in [1.54, 1.807) is 31.4 Å². The predicted octanol–water partition coefficient (Wildman–Crippen LogP) is 2.96. The van der Waals surface area contributed by atoms with Gasteiger partial charge in [-0.2, -0.15) is 0 Å². The first-order chi connectivity index (χ1) is 9.52. The van der Waals surface area contributed by atoms with E-state index in [2.05, 4.69) is 4.99 Å². The maximum Gasteiger partial charge on any atom is 0.310 e. The summed E-state index contributed by atoms with van der Waals surface area (Å²) in [4.78, 5) is 16.3. The average molecular weight is 292 g/mol. The number of aliphatic imine (C=N–C) groups is 1. The van der Waals surface area contributed by atoms with Gasteiger partial charge in [-0.1, -0.05) is 11.3 Å². The SMILES string of the molecule is COc1ccc(N=Cc2sc(=O)n(C(C)C)c2O)cc1. The van der Waals surface area contributed by atoms with Crippen molar-refractivity contribution in [3.63, 3.8) is 0 Å². The minimum atomic E-state index is -0.186. The maximum atomic E-state index is 11.7. The molecule has 2 rings (SSSR count). The fourth-order valence-electron chi connectivity index (χ4n) is 1.73. The van der Waals surface area contributed by atoms with Gasteiger partial charge in [0, 0.05) is 6.04 Å². The highest BCUT2D eigenvalue weighted by Gasteiger charge is 2.14. The Labute approximate surface area is 120 Å². The number of benzene rings is 1. The summed E-state index contributed by atoms with van der Waals surface area (Å²) in [5.74, 6) is 0.717. The van der Waals surface area contributed by atoms with Gasteiger partial charge in [-0.3, -0.25) is 14.4 Å².